The third kappa shape index (κ3) is 4.05. The molecule has 0 heterocycles. The molecule has 2 heteroatoms. The minimum absolute atomic E-state index is 0.140. The van der Waals surface area contributed by atoms with Crippen molar-refractivity contribution >= 4 is 5.97 Å². The molecule has 0 aliphatic carbocycles. The molecule has 0 atom stereocenters. The van der Waals surface area contributed by atoms with Crippen molar-refractivity contribution in [3.05, 3.63) is 29.8 Å². The zero-order chi connectivity index (χ0) is 12.0. The van der Waals surface area contributed by atoms with Crippen molar-refractivity contribution in [3.63, 3.8) is 0 Å². The molecule has 0 radical (unpaired) electrons. The lowest BCUT2D eigenvalue weighted by Gasteiger charge is -2.11. The van der Waals surface area contributed by atoms with Crippen LogP contribution in [0, 0.1) is 5.92 Å². The predicted octanol–water partition coefficient (Wildman–Crippen LogP) is 3.59. The monoisotopic (exact) mass is 220 g/mol. The van der Waals surface area contributed by atoms with Gasteiger partial charge < -0.3 is 4.74 Å². The number of para-hydroxylation sites is 1. The predicted molar refractivity (Wildman–Crippen MR) is 65.5 cm³/mol. The Hall–Kier alpha value is -1.31. The first-order valence-electron chi connectivity index (χ1n) is 5.92. The fourth-order valence-electron chi connectivity index (χ4n) is 1.59. The van der Waals surface area contributed by atoms with Crippen LogP contribution in [0.5, 0.6) is 5.75 Å². The van der Waals surface area contributed by atoms with Crippen LogP contribution in [-0.4, -0.2) is 5.97 Å². The van der Waals surface area contributed by atoms with Crippen LogP contribution < -0.4 is 4.74 Å². The maximum absolute atomic E-state index is 11.4. The highest BCUT2D eigenvalue weighted by Crippen LogP contribution is 2.21. The minimum Gasteiger partial charge on any atom is -0.426 e. The van der Waals surface area contributed by atoms with E-state index in [1.165, 1.54) is 0 Å². The molecule has 1 aromatic rings. The number of carbonyl (C=O) groups is 1. The number of ether oxygens (including phenoxy) is 1. The van der Waals surface area contributed by atoms with Gasteiger partial charge in [-0.25, -0.2) is 0 Å². The maximum Gasteiger partial charge on any atom is 0.311 e. The van der Waals surface area contributed by atoms with Gasteiger partial charge in [0.2, 0.25) is 0 Å². The Morgan fingerprint density at radius 2 is 2.00 bits per heavy atom. The highest BCUT2D eigenvalue weighted by Gasteiger charge is 2.08. The van der Waals surface area contributed by atoms with Gasteiger partial charge in [0.25, 0.3) is 0 Å². The molecule has 0 saturated heterocycles. The van der Waals surface area contributed by atoms with E-state index in [0.717, 1.165) is 24.2 Å². The summed E-state index contributed by atoms with van der Waals surface area (Å²) in [6.07, 6.45) is 2.25. The molecule has 88 valence electrons. The Labute approximate surface area is 97.6 Å². The number of hydrogen-bond donors (Lipinski definition) is 0. The molecule has 0 aliphatic heterocycles. The molecule has 0 saturated carbocycles. The van der Waals surface area contributed by atoms with E-state index in [0.29, 0.717) is 12.3 Å². The Bertz CT molecular complexity index is 342. The standard InChI is InChI=1S/C14H20O2/c1-4-7-14(15)16-13-9-6-5-8-12(13)10-11(2)3/h5-6,8-9,11H,4,7,10H2,1-3H3. The summed E-state index contributed by atoms with van der Waals surface area (Å²) in [5.74, 6) is 1.14. The van der Waals surface area contributed by atoms with Gasteiger partial charge in [0.05, 0.1) is 0 Å². The Morgan fingerprint density at radius 3 is 2.62 bits per heavy atom. The number of esters is 1. The number of benzene rings is 1. The molecule has 2 nitrogen and oxygen atoms in total. The Balaban J connectivity index is 2.74. The molecule has 0 amide bonds. The van der Waals surface area contributed by atoms with Gasteiger partial charge in [0.15, 0.2) is 0 Å². The van der Waals surface area contributed by atoms with E-state index in [4.69, 9.17) is 4.74 Å². The highest BCUT2D eigenvalue weighted by molar-refractivity contribution is 5.72. The average Bonchev–Trinajstić information content (AvgIpc) is 2.20. The van der Waals surface area contributed by atoms with Crippen LogP contribution in [0.15, 0.2) is 24.3 Å². The smallest absolute Gasteiger partial charge is 0.311 e. The highest BCUT2D eigenvalue weighted by atomic mass is 16.5. The second kappa shape index (κ2) is 6.31. The molecule has 0 fully saturated rings. The summed E-state index contributed by atoms with van der Waals surface area (Å²) in [7, 11) is 0. The van der Waals surface area contributed by atoms with E-state index >= 15 is 0 Å². The lowest BCUT2D eigenvalue weighted by atomic mass is 10.0. The van der Waals surface area contributed by atoms with Crippen molar-refractivity contribution in [1.82, 2.24) is 0 Å². The van der Waals surface area contributed by atoms with Crippen LogP contribution in [0.3, 0.4) is 0 Å². The molecule has 0 aromatic heterocycles. The average molecular weight is 220 g/mol. The zero-order valence-corrected chi connectivity index (χ0v) is 10.3. The first kappa shape index (κ1) is 12.8. The Kier molecular flexibility index (Phi) is 5.03. The molecular formula is C14H20O2. The van der Waals surface area contributed by atoms with Crippen molar-refractivity contribution < 1.29 is 9.53 Å². The lowest BCUT2D eigenvalue weighted by molar-refractivity contribution is -0.134. The van der Waals surface area contributed by atoms with Crippen molar-refractivity contribution in [2.75, 3.05) is 0 Å². The fraction of sp³-hybridized carbons (Fsp3) is 0.500. The van der Waals surface area contributed by atoms with Crippen molar-refractivity contribution in [3.8, 4) is 5.75 Å². The van der Waals surface area contributed by atoms with Crippen LogP contribution in [0.2, 0.25) is 0 Å². The van der Waals surface area contributed by atoms with E-state index in [-0.39, 0.29) is 5.97 Å². The normalized spacial score (nSPS) is 10.5. The summed E-state index contributed by atoms with van der Waals surface area (Å²) >= 11 is 0. The largest absolute Gasteiger partial charge is 0.426 e. The fourth-order valence-corrected chi connectivity index (χ4v) is 1.59. The second-order valence-electron chi connectivity index (χ2n) is 4.43. The summed E-state index contributed by atoms with van der Waals surface area (Å²) in [4.78, 5) is 11.4. The maximum atomic E-state index is 11.4. The molecule has 0 N–H and O–H groups in total. The van der Waals surface area contributed by atoms with Crippen LogP contribution in [0.25, 0.3) is 0 Å². The van der Waals surface area contributed by atoms with Gasteiger partial charge in [-0.2, -0.15) is 0 Å². The molecule has 1 aromatic carbocycles. The van der Waals surface area contributed by atoms with Gasteiger partial charge in [0, 0.05) is 6.42 Å². The minimum atomic E-state index is -0.140. The van der Waals surface area contributed by atoms with Gasteiger partial charge in [-0.1, -0.05) is 39.0 Å². The van der Waals surface area contributed by atoms with Crippen LogP contribution in [0.4, 0.5) is 0 Å². The summed E-state index contributed by atoms with van der Waals surface area (Å²) in [5, 5.41) is 0. The number of rotatable bonds is 5. The first-order valence-corrected chi connectivity index (χ1v) is 5.92. The van der Waals surface area contributed by atoms with E-state index in [9.17, 15) is 4.79 Å². The van der Waals surface area contributed by atoms with Gasteiger partial charge in [0.1, 0.15) is 5.75 Å². The van der Waals surface area contributed by atoms with E-state index in [1.807, 2.05) is 31.2 Å². The van der Waals surface area contributed by atoms with Crippen LogP contribution in [0.1, 0.15) is 39.2 Å². The lowest BCUT2D eigenvalue weighted by Crippen LogP contribution is -2.09. The molecular weight excluding hydrogens is 200 g/mol. The van der Waals surface area contributed by atoms with Crippen molar-refractivity contribution in [1.29, 1.82) is 0 Å². The molecule has 16 heavy (non-hydrogen) atoms. The third-order valence-electron chi connectivity index (χ3n) is 2.28. The topological polar surface area (TPSA) is 26.3 Å². The zero-order valence-electron chi connectivity index (χ0n) is 10.3. The molecule has 0 unspecified atom stereocenters. The van der Waals surface area contributed by atoms with Crippen molar-refractivity contribution in [2.24, 2.45) is 5.92 Å². The van der Waals surface area contributed by atoms with E-state index < -0.39 is 0 Å². The van der Waals surface area contributed by atoms with E-state index in [2.05, 4.69) is 13.8 Å². The quantitative estimate of drug-likeness (QED) is 0.560. The van der Waals surface area contributed by atoms with Gasteiger partial charge >= 0.3 is 5.97 Å². The molecule has 0 spiro atoms. The number of carbonyl (C=O) groups excluding carboxylic acids is 1. The SMILES string of the molecule is CCCC(=O)Oc1ccccc1CC(C)C. The first-order chi connectivity index (χ1) is 7.63. The molecule has 0 aliphatic rings. The van der Waals surface area contributed by atoms with Gasteiger partial charge in [-0.3, -0.25) is 4.79 Å². The number of hydrogen-bond acceptors (Lipinski definition) is 2. The molecule has 0 bridgehead atoms. The second-order valence-corrected chi connectivity index (χ2v) is 4.43. The molecule has 1 rings (SSSR count). The summed E-state index contributed by atoms with van der Waals surface area (Å²) < 4.78 is 5.35. The van der Waals surface area contributed by atoms with E-state index in [1.54, 1.807) is 0 Å². The van der Waals surface area contributed by atoms with Gasteiger partial charge in [-0.05, 0) is 30.4 Å². The summed E-state index contributed by atoms with van der Waals surface area (Å²) in [6.45, 7) is 6.29. The van der Waals surface area contributed by atoms with Crippen molar-refractivity contribution in [2.45, 2.75) is 40.0 Å². The van der Waals surface area contributed by atoms with Gasteiger partial charge in [-0.15, -0.1) is 0 Å². The van der Waals surface area contributed by atoms with Crippen LogP contribution >= 0.6 is 0 Å². The Morgan fingerprint density at radius 1 is 1.31 bits per heavy atom. The third-order valence-corrected chi connectivity index (χ3v) is 2.28. The summed E-state index contributed by atoms with van der Waals surface area (Å²) in [5.41, 5.74) is 1.11. The van der Waals surface area contributed by atoms with Crippen LogP contribution in [-0.2, 0) is 11.2 Å². The summed E-state index contributed by atoms with van der Waals surface area (Å²) in [6, 6.07) is 7.77.